The number of carbonyl (C=O) groups excluding carboxylic acids is 1. The fourth-order valence-electron chi connectivity index (χ4n) is 2.86. The summed E-state index contributed by atoms with van der Waals surface area (Å²) in [6.07, 6.45) is 2.42. The van der Waals surface area contributed by atoms with E-state index in [1.54, 1.807) is 12.1 Å². The molecule has 2 heterocycles. The van der Waals surface area contributed by atoms with Crippen molar-refractivity contribution < 1.29 is 24.4 Å². The first-order chi connectivity index (χ1) is 13.4. The highest BCUT2D eigenvalue weighted by molar-refractivity contribution is 7.18. The van der Waals surface area contributed by atoms with Gasteiger partial charge in [-0.2, -0.15) is 0 Å². The van der Waals surface area contributed by atoms with Crippen molar-refractivity contribution in [2.24, 2.45) is 0 Å². The molecule has 1 saturated heterocycles. The Morgan fingerprint density at radius 1 is 1.36 bits per heavy atom. The maximum absolute atomic E-state index is 12.6. The first kappa shape index (κ1) is 19.7. The van der Waals surface area contributed by atoms with E-state index in [0.717, 1.165) is 36.1 Å². The molecule has 0 spiro atoms. The van der Waals surface area contributed by atoms with E-state index in [4.69, 9.17) is 4.74 Å². The van der Waals surface area contributed by atoms with Gasteiger partial charge in [0.25, 0.3) is 5.91 Å². The second kappa shape index (κ2) is 8.76. The topological polar surface area (TPSA) is 144 Å². The maximum Gasteiger partial charge on any atom is 0.345 e. The summed E-state index contributed by atoms with van der Waals surface area (Å²) in [6, 6.07) is 5.11. The number of carbonyl (C=O) groups is 2. The summed E-state index contributed by atoms with van der Waals surface area (Å²) >= 11 is 0.728. The minimum absolute atomic E-state index is 0.0717. The third kappa shape index (κ3) is 5.02. The number of hydrogen-bond donors (Lipinski definition) is 3. The van der Waals surface area contributed by atoms with Gasteiger partial charge in [0, 0.05) is 30.5 Å². The average Bonchev–Trinajstić information content (AvgIpc) is 3.11. The molecule has 0 atom stereocenters. The zero-order chi connectivity index (χ0) is 20.1. The first-order valence-corrected chi connectivity index (χ1v) is 9.34. The number of carboxylic acids is 1. The number of benzene rings is 1. The molecule has 0 aliphatic carbocycles. The van der Waals surface area contributed by atoms with Crippen LogP contribution in [0.15, 0.2) is 24.4 Å². The average molecular weight is 406 g/mol. The van der Waals surface area contributed by atoms with Crippen molar-refractivity contribution >= 4 is 39.0 Å². The fourth-order valence-corrected chi connectivity index (χ4v) is 3.49. The van der Waals surface area contributed by atoms with Crippen LogP contribution in [0.4, 0.5) is 15.8 Å². The SMILES string of the molecule is O=C(O)Cc1cc(NC2CCOCC2)ccc1C(=O)Nc1ncc([N+](=O)[O-])s1. The van der Waals surface area contributed by atoms with Crippen molar-refractivity contribution in [3.05, 3.63) is 45.6 Å². The number of rotatable bonds is 7. The monoisotopic (exact) mass is 406 g/mol. The molecule has 10 nitrogen and oxygen atoms in total. The van der Waals surface area contributed by atoms with Crippen LogP contribution in [0.2, 0.25) is 0 Å². The van der Waals surface area contributed by atoms with E-state index in [9.17, 15) is 24.8 Å². The number of hydrogen-bond acceptors (Lipinski definition) is 8. The van der Waals surface area contributed by atoms with E-state index in [1.807, 2.05) is 0 Å². The standard InChI is InChI=1S/C17H18N4O6S/c22-15(23)8-10-7-12(19-11-3-5-27-6-4-11)1-2-13(10)16(24)20-17-18-9-14(28-17)21(25)26/h1-2,7,9,11,19H,3-6,8H2,(H,22,23)(H,18,20,24). The van der Waals surface area contributed by atoms with Gasteiger partial charge in [0.05, 0.1) is 11.3 Å². The van der Waals surface area contributed by atoms with E-state index < -0.39 is 16.8 Å². The predicted molar refractivity (Wildman–Crippen MR) is 102 cm³/mol. The second-order valence-electron chi connectivity index (χ2n) is 6.19. The van der Waals surface area contributed by atoms with Crippen LogP contribution in [-0.4, -0.2) is 46.1 Å². The zero-order valence-electron chi connectivity index (χ0n) is 14.7. The van der Waals surface area contributed by atoms with Crippen LogP contribution < -0.4 is 10.6 Å². The molecular formula is C17H18N4O6S. The molecule has 0 radical (unpaired) electrons. The fraction of sp³-hybridized carbons (Fsp3) is 0.353. The number of nitro groups is 1. The molecule has 0 bridgehead atoms. The Kier molecular flexibility index (Phi) is 6.16. The number of anilines is 2. The number of amides is 1. The molecule has 3 N–H and O–H groups in total. The molecule has 1 fully saturated rings. The number of aromatic nitrogens is 1. The van der Waals surface area contributed by atoms with Crippen molar-refractivity contribution in [3.63, 3.8) is 0 Å². The molecule has 1 amide bonds. The minimum atomic E-state index is -1.07. The molecule has 0 saturated carbocycles. The van der Waals surface area contributed by atoms with Gasteiger partial charge in [-0.15, -0.1) is 0 Å². The summed E-state index contributed by atoms with van der Waals surface area (Å²) in [4.78, 5) is 37.7. The molecule has 1 aliphatic heterocycles. The van der Waals surface area contributed by atoms with Gasteiger partial charge in [0.1, 0.15) is 6.20 Å². The zero-order valence-corrected chi connectivity index (χ0v) is 15.5. The molecule has 28 heavy (non-hydrogen) atoms. The van der Waals surface area contributed by atoms with Crippen LogP contribution in [0, 0.1) is 10.1 Å². The Morgan fingerprint density at radius 3 is 2.75 bits per heavy atom. The van der Waals surface area contributed by atoms with Gasteiger partial charge in [0.15, 0.2) is 5.13 Å². The van der Waals surface area contributed by atoms with Gasteiger partial charge in [-0.3, -0.25) is 25.0 Å². The van der Waals surface area contributed by atoms with Gasteiger partial charge >= 0.3 is 11.0 Å². The summed E-state index contributed by atoms with van der Waals surface area (Å²) < 4.78 is 5.32. The minimum Gasteiger partial charge on any atom is -0.481 e. The van der Waals surface area contributed by atoms with Crippen LogP contribution in [0.3, 0.4) is 0 Å². The van der Waals surface area contributed by atoms with Gasteiger partial charge in [-0.05, 0) is 47.9 Å². The Labute approximate surface area is 163 Å². The van der Waals surface area contributed by atoms with Gasteiger partial charge in [0.2, 0.25) is 0 Å². The second-order valence-corrected chi connectivity index (χ2v) is 7.20. The quantitative estimate of drug-likeness (QED) is 0.470. The highest BCUT2D eigenvalue weighted by atomic mass is 32.1. The maximum atomic E-state index is 12.6. The van der Waals surface area contributed by atoms with Gasteiger partial charge in [-0.1, -0.05) is 0 Å². The molecule has 1 aliphatic rings. The Morgan fingerprint density at radius 2 is 2.11 bits per heavy atom. The molecule has 0 unspecified atom stereocenters. The highest BCUT2D eigenvalue weighted by Gasteiger charge is 2.19. The molecule has 1 aromatic carbocycles. The Bertz CT molecular complexity index is 894. The normalized spacial score (nSPS) is 14.4. The lowest BCUT2D eigenvalue weighted by Gasteiger charge is -2.24. The van der Waals surface area contributed by atoms with Crippen LogP contribution >= 0.6 is 11.3 Å². The van der Waals surface area contributed by atoms with E-state index >= 15 is 0 Å². The predicted octanol–water partition coefficient (Wildman–Crippen LogP) is 2.52. The number of ether oxygens (including phenoxy) is 1. The summed E-state index contributed by atoms with van der Waals surface area (Å²) in [5.41, 5.74) is 1.25. The van der Waals surface area contributed by atoms with Crippen molar-refractivity contribution in [1.29, 1.82) is 0 Å². The van der Waals surface area contributed by atoms with Crippen LogP contribution in [0.25, 0.3) is 0 Å². The van der Waals surface area contributed by atoms with Crippen LogP contribution in [-0.2, 0) is 16.0 Å². The largest absolute Gasteiger partial charge is 0.481 e. The van der Waals surface area contributed by atoms with Crippen LogP contribution in [0.5, 0.6) is 0 Å². The lowest BCUT2D eigenvalue weighted by molar-refractivity contribution is -0.380. The van der Waals surface area contributed by atoms with Crippen LogP contribution in [0.1, 0.15) is 28.8 Å². The summed E-state index contributed by atoms with van der Waals surface area (Å²) in [6.45, 7) is 1.33. The lowest BCUT2D eigenvalue weighted by atomic mass is 10.0. The van der Waals surface area contributed by atoms with E-state index in [-0.39, 0.29) is 28.2 Å². The molecule has 11 heteroatoms. The lowest BCUT2D eigenvalue weighted by Crippen LogP contribution is -2.28. The van der Waals surface area contributed by atoms with E-state index in [0.29, 0.717) is 18.8 Å². The first-order valence-electron chi connectivity index (χ1n) is 8.53. The van der Waals surface area contributed by atoms with E-state index in [1.165, 1.54) is 6.07 Å². The smallest absolute Gasteiger partial charge is 0.345 e. The summed E-state index contributed by atoms with van der Waals surface area (Å²) in [5, 5.41) is 25.6. The molecular weight excluding hydrogens is 388 g/mol. The highest BCUT2D eigenvalue weighted by Crippen LogP contribution is 2.26. The summed E-state index contributed by atoms with van der Waals surface area (Å²) in [7, 11) is 0. The number of nitrogens with one attached hydrogen (secondary N) is 2. The van der Waals surface area contributed by atoms with Crippen molar-refractivity contribution in [2.45, 2.75) is 25.3 Å². The Hall–Kier alpha value is -3.05. The summed E-state index contributed by atoms with van der Waals surface area (Å²) in [5.74, 6) is -1.64. The molecule has 3 rings (SSSR count). The number of carboxylic acid groups (broad SMARTS) is 1. The molecule has 148 valence electrons. The van der Waals surface area contributed by atoms with Gasteiger partial charge in [-0.25, -0.2) is 4.98 Å². The Balaban J connectivity index is 1.78. The third-order valence-electron chi connectivity index (χ3n) is 4.18. The van der Waals surface area contributed by atoms with Gasteiger partial charge < -0.3 is 15.2 Å². The number of nitrogens with zero attached hydrogens (tertiary/aromatic N) is 2. The molecule has 1 aromatic heterocycles. The third-order valence-corrected chi connectivity index (χ3v) is 5.04. The van der Waals surface area contributed by atoms with Crippen molar-refractivity contribution in [1.82, 2.24) is 4.98 Å². The van der Waals surface area contributed by atoms with E-state index in [2.05, 4.69) is 15.6 Å². The number of thiazole rings is 1. The molecule has 2 aromatic rings. The number of aliphatic carboxylic acids is 1. The van der Waals surface area contributed by atoms with Crippen molar-refractivity contribution in [2.75, 3.05) is 23.8 Å². The van der Waals surface area contributed by atoms with Crippen molar-refractivity contribution in [3.8, 4) is 0 Å².